The third kappa shape index (κ3) is 7.61. The van der Waals surface area contributed by atoms with Crippen molar-refractivity contribution in [1.82, 2.24) is 0 Å². The standard InChI is InChI=1S/C18H28P2.C14H12.Pt/c1-13-9-10-14(2)19(13)17-7-5-6-8-18(17)20-15(3)11-12-16(20)4;1-3-7-13(8-4-1)11-12-14-9-5-2-6-10-14;/h5-8,13-16H,9-12H2,1-4H3;1-12H;/t13-,14-,15-,16-;;/m1../s1. The second-order valence-corrected chi connectivity index (χ2v) is 16.1. The van der Waals surface area contributed by atoms with Gasteiger partial charge in [-0.15, -0.1) is 0 Å². The first-order valence-corrected chi connectivity index (χ1v) is 15.9. The van der Waals surface area contributed by atoms with Crippen LogP contribution in [0.5, 0.6) is 0 Å². The average Bonchev–Trinajstić information content (AvgIpc) is 3.39. The Kier molecular flexibility index (Phi) is 11.7. The molecule has 35 heavy (non-hydrogen) atoms. The van der Waals surface area contributed by atoms with Crippen molar-refractivity contribution in [2.45, 2.75) is 76.0 Å². The van der Waals surface area contributed by atoms with E-state index >= 15 is 0 Å². The van der Waals surface area contributed by atoms with Crippen LogP contribution in [0.25, 0.3) is 0 Å². The fourth-order valence-corrected chi connectivity index (χ4v) is 12.8. The molecule has 2 aliphatic rings. The molecule has 0 aliphatic carbocycles. The largest absolute Gasteiger partial charge is 0.0688 e. The Morgan fingerprint density at radius 2 is 0.771 bits per heavy atom. The summed E-state index contributed by atoms with van der Waals surface area (Å²) in [5.74, 6) is 0. The van der Waals surface area contributed by atoms with Gasteiger partial charge in [-0.2, -0.15) is 0 Å². The first kappa shape index (κ1) is 28.8. The summed E-state index contributed by atoms with van der Waals surface area (Å²) in [6, 6.07) is 30.2. The number of benzene rings is 3. The Morgan fingerprint density at radius 1 is 0.486 bits per heavy atom. The van der Waals surface area contributed by atoms with Gasteiger partial charge in [0, 0.05) is 21.1 Å². The first-order chi connectivity index (χ1) is 16.5. The third-order valence-corrected chi connectivity index (χ3v) is 14.3. The number of hydrogen-bond acceptors (Lipinski definition) is 0. The topological polar surface area (TPSA) is 0 Å². The van der Waals surface area contributed by atoms with Crippen molar-refractivity contribution in [2.24, 2.45) is 0 Å². The monoisotopic (exact) mass is 681 g/mol. The molecule has 0 aromatic heterocycles. The summed E-state index contributed by atoms with van der Waals surface area (Å²) in [6.07, 6.45) is 10.0. The maximum absolute atomic E-state index is 2.50. The molecule has 3 aromatic rings. The van der Waals surface area contributed by atoms with Crippen LogP contribution < -0.4 is 10.6 Å². The van der Waals surface area contributed by atoms with Gasteiger partial charge in [-0.1, -0.05) is 128 Å². The fraction of sp³-hybridized carbons (Fsp3) is 0.375. The van der Waals surface area contributed by atoms with E-state index in [1.54, 1.807) is 10.6 Å². The van der Waals surface area contributed by atoms with E-state index in [2.05, 4.69) is 89.1 Å². The molecular weight excluding hydrogens is 641 g/mol. The van der Waals surface area contributed by atoms with Gasteiger partial charge in [0.15, 0.2) is 0 Å². The van der Waals surface area contributed by atoms with Gasteiger partial charge in [0.05, 0.1) is 0 Å². The minimum Gasteiger partial charge on any atom is -0.0688 e. The normalized spacial score (nSPS) is 24.5. The molecule has 2 radical (unpaired) electrons. The van der Waals surface area contributed by atoms with Gasteiger partial charge in [0.2, 0.25) is 0 Å². The molecule has 2 aliphatic heterocycles. The Morgan fingerprint density at radius 3 is 1.09 bits per heavy atom. The van der Waals surface area contributed by atoms with E-state index in [0.29, 0.717) is 0 Å². The van der Waals surface area contributed by atoms with Crippen LogP contribution >= 0.6 is 15.8 Å². The fourth-order valence-electron chi connectivity index (χ4n) is 5.56. The summed E-state index contributed by atoms with van der Waals surface area (Å²) in [7, 11) is 0.157. The van der Waals surface area contributed by atoms with Crippen LogP contribution in [-0.4, -0.2) is 22.6 Å². The maximum atomic E-state index is 2.50. The van der Waals surface area contributed by atoms with Gasteiger partial charge < -0.3 is 0 Å². The molecule has 2 fully saturated rings. The van der Waals surface area contributed by atoms with Crippen LogP contribution in [0.4, 0.5) is 0 Å². The third-order valence-electron chi connectivity index (χ3n) is 7.41. The molecule has 0 unspecified atom stereocenters. The van der Waals surface area contributed by atoms with E-state index < -0.39 is 0 Å². The molecule has 0 spiro atoms. The van der Waals surface area contributed by atoms with Crippen LogP contribution in [0.1, 0.15) is 64.5 Å². The molecule has 4 atom stereocenters. The van der Waals surface area contributed by atoms with Crippen LogP contribution in [0, 0.1) is 12.8 Å². The first-order valence-electron chi connectivity index (χ1n) is 13.0. The zero-order chi connectivity index (χ0) is 23.9. The van der Waals surface area contributed by atoms with E-state index in [1.807, 2.05) is 36.4 Å². The smallest absolute Gasteiger partial charge is 0 e. The summed E-state index contributed by atoms with van der Waals surface area (Å²) in [5.41, 5.74) is 6.20. The molecule has 0 N–H and O–H groups in total. The van der Waals surface area contributed by atoms with Crippen molar-refractivity contribution in [1.29, 1.82) is 0 Å². The molecule has 2 heterocycles. The summed E-state index contributed by atoms with van der Waals surface area (Å²) >= 11 is 0. The van der Waals surface area contributed by atoms with E-state index in [4.69, 9.17) is 0 Å². The van der Waals surface area contributed by atoms with Crippen LogP contribution in [0.15, 0.2) is 84.9 Å². The van der Waals surface area contributed by atoms with Gasteiger partial charge in [0.25, 0.3) is 0 Å². The van der Waals surface area contributed by atoms with Crippen molar-refractivity contribution in [3.8, 4) is 0 Å². The second-order valence-electron chi connectivity index (χ2n) is 10.0. The van der Waals surface area contributed by atoms with Gasteiger partial charge in [0.1, 0.15) is 0 Å². The Labute approximate surface area is 231 Å². The molecule has 2 saturated heterocycles. The molecule has 5 rings (SSSR count). The van der Waals surface area contributed by atoms with E-state index in [-0.39, 0.29) is 36.9 Å². The maximum Gasteiger partial charge on any atom is 0 e. The zero-order valence-corrected chi connectivity index (χ0v) is 25.6. The molecule has 0 nitrogen and oxygen atoms in total. The molecule has 0 saturated carbocycles. The number of hydrogen-bond donors (Lipinski definition) is 0. The van der Waals surface area contributed by atoms with Crippen molar-refractivity contribution in [3.05, 3.63) is 109 Å². The second kappa shape index (κ2) is 14.2. The van der Waals surface area contributed by atoms with Crippen LogP contribution in [-0.2, 0) is 21.1 Å². The molecular formula is C32H40P2Pt. The van der Waals surface area contributed by atoms with Gasteiger partial charge in [-0.05, 0) is 82.9 Å². The average molecular weight is 682 g/mol. The predicted molar refractivity (Wildman–Crippen MR) is 156 cm³/mol. The number of rotatable bonds is 5. The molecule has 0 amide bonds. The summed E-state index contributed by atoms with van der Waals surface area (Å²) in [6.45, 7) is 10.0. The van der Waals surface area contributed by atoms with Crippen LogP contribution in [0.3, 0.4) is 0 Å². The summed E-state index contributed by atoms with van der Waals surface area (Å²) in [5, 5.41) is 3.57. The molecule has 3 heteroatoms. The van der Waals surface area contributed by atoms with Crippen molar-refractivity contribution in [2.75, 3.05) is 0 Å². The quantitative estimate of drug-likeness (QED) is 0.237. The van der Waals surface area contributed by atoms with E-state index in [0.717, 1.165) is 22.6 Å². The zero-order valence-electron chi connectivity index (χ0n) is 21.6. The predicted octanol–water partition coefficient (Wildman–Crippen LogP) is 8.53. The minimum absolute atomic E-state index is 0. The van der Waals surface area contributed by atoms with Crippen molar-refractivity contribution in [3.63, 3.8) is 0 Å². The molecule has 0 bridgehead atoms. The minimum atomic E-state index is 0. The Hall–Kier alpha value is -0.792. The van der Waals surface area contributed by atoms with Crippen molar-refractivity contribution < 1.29 is 21.1 Å². The van der Waals surface area contributed by atoms with E-state index in [9.17, 15) is 0 Å². The Bertz CT molecular complexity index is 904. The van der Waals surface area contributed by atoms with Gasteiger partial charge >= 0.3 is 0 Å². The van der Waals surface area contributed by atoms with E-state index in [1.165, 1.54) is 36.8 Å². The van der Waals surface area contributed by atoms with Gasteiger partial charge in [-0.25, -0.2) is 0 Å². The summed E-state index contributed by atoms with van der Waals surface area (Å²) in [4.78, 5) is 0. The SMILES string of the molecule is C[C@@H]1CC[C@@H](C)P1c1ccccc1P1[C@H](C)CC[C@H]1C.[CH]([CH]c1ccccc1)c1ccccc1.[Pt]. The Balaban J connectivity index is 0.000000202. The summed E-state index contributed by atoms with van der Waals surface area (Å²) < 4.78 is 0. The molecule has 3 aromatic carbocycles. The molecule has 188 valence electrons. The van der Waals surface area contributed by atoms with Crippen molar-refractivity contribution >= 4 is 26.5 Å². The van der Waals surface area contributed by atoms with Crippen LogP contribution in [0.2, 0.25) is 0 Å². The van der Waals surface area contributed by atoms with Gasteiger partial charge in [-0.3, -0.25) is 0 Å².